The molecule has 0 amide bonds. The van der Waals surface area contributed by atoms with Gasteiger partial charge in [-0.25, -0.2) is 4.68 Å². The molecule has 0 saturated heterocycles. The summed E-state index contributed by atoms with van der Waals surface area (Å²) in [6.07, 6.45) is 4.41. The first-order chi connectivity index (χ1) is 17.2. The molecule has 36 heavy (non-hydrogen) atoms. The smallest absolute Gasteiger partial charge is 0.280 e. The Labute approximate surface area is 213 Å². The third-order valence-electron chi connectivity index (χ3n) is 6.19. The molecule has 0 unspecified atom stereocenters. The molecule has 0 saturated carbocycles. The van der Waals surface area contributed by atoms with E-state index in [2.05, 4.69) is 15.1 Å². The number of aromatic amines is 1. The van der Waals surface area contributed by atoms with Crippen LogP contribution >= 0.6 is 11.3 Å². The minimum atomic E-state index is -0.206. The van der Waals surface area contributed by atoms with Crippen molar-refractivity contribution in [3.05, 3.63) is 103 Å². The summed E-state index contributed by atoms with van der Waals surface area (Å²) in [5.74, 6) is -0.180. The number of ketones is 2. The Kier molecular flexibility index (Phi) is 7.55. The maximum Gasteiger partial charge on any atom is 0.280 e. The summed E-state index contributed by atoms with van der Waals surface area (Å²) < 4.78 is 1.50. The molecule has 4 rings (SSSR count). The maximum atomic E-state index is 13.1. The van der Waals surface area contributed by atoms with E-state index in [1.54, 1.807) is 31.5 Å². The van der Waals surface area contributed by atoms with Gasteiger partial charge in [-0.2, -0.15) is 0 Å². The molecule has 184 valence electrons. The lowest BCUT2D eigenvalue weighted by atomic mass is 10.1. The molecular weight excluding hydrogens is 472 g/mol. The van der Waals surface area contributed by atoms with E-state index in [9.17, 15) is 14.4 Å². The Morgan fingerprint density at radius 2 is 1.67 bits per heavy atom. The van der Waals surface area contributed by atoms with E-state index in [1.165, 1.54) is 16.0 Å². The topological polar surface area (TPSA) is 97.2 Å². The van der Waals surface area contributed by atoms with Crippen LogP contribution in [0.2, 0.25) is 0 Å². The molecule has 0 aliphatic heterocycles. The number of Topliss-reactive ketones (excluding diaryl/α,β-unsaturated/α-hetero) is 2. The standard InChI is InChI=1S/C28H28N4O3S/c1-17-5-7-22(15-18(17)2)32-28(35)27(20(4)31-32)19(3)30-16-24(34)26-10-9-25(36-26)23(33)8-6-21-11-13-29-14-12-21/h5,7,9-15,31H,6,8,16H2,1-4H3. The fourth-order valence-electron chi connectivity index (χ4n) is 3.93. The zero-order valence-electron chi connectivity index (χ0n) is 20.8. The van der Waals surface area contributed by atoms with Crippen molar-refractivity contribution in [2.24, 2.45) is 4.99 Å². The summed E-state index contributed by atoms with van der Waals surface area (Å²) in [7, 11) is 0. The lowest BCUT2D eigenvalue weighted by Crippen LogP contribution is -2.20. The van der Waals surface area contributed by atoms with Crippen LogP contribution < -0.4 is 5.56 Å². The number of carbonyl (C=O) groups is 2. The monoisotopic (exact) mass is 500 g/mol. The molecule has 0 aliphatic rings. The normalized spacial score (nSPS) is 11.6. The molecule has 0 radical (unpaired) electrons. The van der Waals surface area contributed by atoms with Crippen molar-refractivity contribution in [2.75, 3.05) is 6.54 Å². The molecular formula is C28H28N4O3S. The number of nitrogens with zero attached hydrogens (tertiary/aromatic N) is 3. The van der Waals surface area contributed by atoms with Gasteiger partial charge in [0.2, 0.25) is 0 Å². The number of hydrogen-bond acceptors (Lipinski definition) is 6. The van der Waals surface area contributed by atoms with E-state index in [0.717, 1.165) is 22.4 Å². The molecule has 3 heterocycles. The molecule has 0 bridgehead atoms. The van der Waals surface area contributed by atoms with Gasteiger partial charge in [0, 0.05) is 30.2 Å². The van der Waals surface area contributed by atoms with E-state index in [1.807, 2.05) is 51.1 Å². The number of nitrogens with one attached hydrogen (secondary N) is 1. The Morgan fingerprint density at radius 3 is 2.36 bits per heavy atom. The Hall–Kier alpha value is -3.91. The van der Waals surface area contributed by atoms with Crippen LogP contribution in [0.5, 0.6) is 0 Å². The summed E-state index contributed by atoms with van der Waals surface area (Å²) in [6, 6.07) is 13.0. The van der Waals surface area contributed by atoms with Gasteiger partial charge in [-0.3, -0.25) is 29.5 Å². The zero-order valence-corrected chi connectivity index (χ0v) is 21.6. The summed E-state index contributed by atoms with van der Waals surface area (Å²) in [4.78, 5) is 47.9. The van der Waals surface area contributed by atoms with Gasteiger partial charge in [0.25, 0.3) is 5.56 Å². The highest BCUT2D eigenvalue weighted by molar-refractivity contribution is 7.16. The van der Waals surface area contributed by atoms with E-state index >= 15 is 0 Å². The minimum Gasteiger partial charge on any atom is -0.295 e. The third kappa shape index (κ3) is 5.49. The Bertz CT molecular complexity index is 1510. The van der Waals surface area contributed by atoms with Crippen molar-refractivity contribution in [3.63, 3.8) is 0 Å². The first-order valence-corrected chi connectivity index (χ1v) is 12.5. The number of thiophene rings is 1. The number of aryl methyl sites for hydroxylation is 4. The van der Waals surface area contributed by atoms with Crippen LogP contribution in [0.25, 0.3) is 5.69 Å². The van der Waals surface area contributed by atoms with Crippen molar-refractivity contribution in [3.8, 4) is 5.69 Å². The predicted octanol–water partition coefficient (Wildman–Crippen LogP) is 5.05. The third-order valence-corrected chi connectivity index (χ3v) is 7.35. The van der Waals surface area contributed by atoms with E-state index in [4.69, 9.17) is 0 Å². The average Bonchev–Trinajstić information content (AvgIpc) is 3.48. The second kappa shape index (κ2) is 10.8. The van der Waals surface area contributed by atoms with Gasteiger partial charge in [-0.05, 0) is 87.2 Å². The molecule has 0 aliphatic carbocycles. The number of carbonyl (C=O) groups excluding carboxylic acids is 2. The molecule has 1 N–H and O–H groups in total. The highest BCUT2D eigenvalue weighted by Gasteiger charge is 2.17. The van der Waals surface area contributed by atoms with Crippen molar-refractivity contribution in [2.45, 2.75) is 40.5 Å². The van der Waals surface area contributed by atoms with Crippen molar-refractivity contribution < 1.29 is 9.59 Å². The van der Waals surface area contributed by atoms with Gasteiger partial charge < -0.3 is 0 Å². The van der Waals surface area contributed by atoms with Crippen molar-refractivity contribution in [1.82, 2.24) is 14.8 Å². The lowest BCUT2D eigenvalue weighted by Gasteiger charge is -2.05. The number of hydrogen-bond donors (Lipinski definition) is 1. The number of rotatable bonds is 9. The summed E-state index contributed by atoms with van der Waals surface area (Å²) in [5.41, 5.74) is 5.48. The van der Waals surface area contributed by atoms with E-state index < -0.39 is 0 Å². The minimum absolute atomic E-state index is 0.00499. The van der Waals surface area contributed by atoms with Crippen LogP contribution in [0.3, 0.4) is 0 Å². The highest BCUT2D eigenvalue weighted by Crippen LogP contribution is 2.20. The lowest BCUT2D eigenvalue weighted by molar-refractivity contribution is 0.0984. The molecule has 3 aromatic heterocycles. The summed E-state index contributed by atoms with van der Waals surface area (Å²) >= 11 is 1.19. The van der Waals surface area contributed by atoms with Crippen LogP contribution in [-0.2, 0) is 6.42 Å². The number of pyridine rings is 1. The number of aromatic nitrogens is 3. The summed E-state index contributed by atoms with van der Waals surface area (Å²) in [6.45, 7) is 7.49. The van der Waals surface area contributed by atoms with Gasteiger partial charge in [0.05, 0.1) is 21.0 Å². The first kappa shape index (κ1) is 25.2. The summed E-state index contributed by atoms with van der Waals surface area (Å²) in [5, 5.41) is 3.12. The van der Waals surface area contributed by atoms with Gasteiger partial charge in [0.1, 0.15) is 6.54 Å². The van der Waals surface area contributed by atoms with Gasteiger partial charge in [0.15, 0.2) is 11.6 Å². The number of aliphatic imine (C=N–C) groups is 1. The predicted molar refractivity (Wildman–Crippen MR) is 143 cm³/mol. The van der Waals surface area contributed by atoms with Gasteiger partial charge in [-0.15, -0.1) is 11.3 Å². The van der Waals surface area contributed by atoms with Crippen LogP contribution in [-0.4, -0.2) is 38.6 Å². The highest BCUT2D eigenvalue weighted by atomic mass is 32.1. The molecule has 0 spiro atoms. The molecule has 8 heteroatoms. The largest absolute Gasteiger partial charge is 0.295 e. The van der Waals surface area contributed by atoms with Crippen molar-refractivity contribution >= 4 is 28.6 Å². The molecule has 1 aromatic carbocycles. The molecule has 0 fully saturated rings. The van der Waals surface area contributed by atoms with E-state index in [0.29, 0.717) is 39.6 Å². The number of benzene rings is 1. The fourth-order valence-corrected chi connectivity index (χ4v) is 4.84. The van der Waals surface area contributed by atoms with Crippen LogP contribution in [0.4, 0.5) is 0 Å². The zero-order chi connectivity index (χ0) is 25.8. The second-order valence-corrected chi connectivity index (χ2v) is 9.87. The van der Waals surface area contributed by atoms with Crippen LogP contribution in [0, 0.1) is 20.8 Å². The SMILES string of the molecule is CC(=NCC(=O)c1ccc(C(=O)CCc2ccncc2)s1)c1c(C)[nH]n(-c2ccc(C)c(C)c2)c1=O. The Balaban J connectivity index is 1.44. The molecule has 0 atom stereocenters. The fraction of sp³-hybridized carbons (Fsp3) is 0.250. The molecule has 7 nitrogen and oxygen atoms in total. The average molecular weight is 501 g/mol. The van der Waals surface area contributed by atoms with Crippen LogP contribution in [0.1, 0.15) is 60.6 Å². The number of H-pyrrole nitrogens is 1. The van der Waals surface area contributed by atoms with Crippen molar-refractivity contribution in [1.29, 1.82) is 0 Å². The Morgan fingerprint density at radius 1 is 0.972 bits per heavy atom. The first-order valence-electron chi connectivity index (χ1n) is 11.7. The quantitative estimate of drug-likeness (QED) is 0.257. The van der Waals surface area contributed by atoms with Gasteiger partial charge >= 0.3 is 0 Å². The van der Waals surface area contributed by atoms with E-state index in [-0.39, 0.29) is 23.7 Å². The van der Waals surface area contributed by atoms with Gasteiger partial charge in [-0.1, -0.05) is 6.07 Å². The second-order valence-electron chi connectivity index (χ2n) is 8.79. The molecule has 4 aromatic rings. The van der Waals surface area contributed by atoms with Crippen LogP contribution in [0.15, 0.2) is 64.6 Å². The maximum absolute atomic E-state index is 13.1.